The second-order valence-corrected chi connectivity index (χ2v) is 7.82. The highest BCUT2D eigenvalue weighted by Crippen LogP contribution is 2.27. The highest BCUT2D eigenvalue weighted by molar-refractivity contribution is 5.95. The Balaban J connectivity index is 1.45. The molecule has 2 aromatic heterocycles. The van der Waals surface area contributed by atoms with Crippen LogP contribution in [0.2, 0.25) is 0 Å². The lowest BCUT2D eigenvalue weighted by Crippen LogP contribution is -2.14. The minimum atomic E-state index is -0.463. The first-order chi connectivity index (χ1) is 17.0. The first-order valence-electron chi connectivity index (χ1n) is 10.7. The van der Waals surface area contributed by atoms with E-state index in [2.05, 4.69) is 10.4 Å². The number of benzene rings is 3. The third-order valence-corrected chi connectivity index (χ3v) is 5.42. The van der Waals surface area contributed by atoms with Crippen LogP contribution in [0.15, 0.2) is 100 Å². The zero-order valence-electron chi connectivity index (χ0n) is 18.3. The number of non-ortho nitro benzene ring substituents is 1. The second-order valence-electron chi connectivity index (χ2n) is 7.82. The van der Waals surface area contributed by atoms with E-state index < -0.39 is 10.5 Å². The molecule has 9 nitrogen and oxygen atoms in total. The number of aromatic nitrogens is 2. The van der Waals surface area contributed by atoms with Crippen LogP contribution in [0.5, 0.6) is 0 Å². The number of fused-ring (bicyclic) bond motifs is 1. The molecule has 0 fully saturated rings. The zero-order chi connectivity index (χ0) is 24.4. The third-order valence-electron chi connectivity index (χ3n) is 5.42. The molecule has 0 spiro atoms. The van der Waals surface area contributed by atoms with Gasteiger partial charge in [-0.15, -0.1) is 0 Å². The molecule has 2 heterocycles. The lowest BCUT2D eigenvalue weighted by molar-refractivity contribution is -0.384. The Hall–Kier alpha value is -5.05. The molecule has 0 unspecified atom stereocenters. The van der Waals surface area contributed by atoms with E-state index >= 15 is 0 Å². The Bertz CT molecular complexity index is 1600. The molecule has 172 valence electrons. The van der Waals surface area contributed by atoms with E-state index in [9.17, 15) is 19.7 Å². The van der Waals surface area contributed by atoms with Crippen molar-refractivity contribution in [2.24, 2.45) is 0 Å². The molecule has 5 rings (SSSR count). The molecule has 0 atom stereocenters. The van der Waals surface area contributed by atoms with Crippen LogP contribution in [0.3, 0.4) is 0 Å². The van der Waals surface area contributed by atoms with Crippen LogP contribution in [0.4, 0.5) is 11.4 Å². The standard InChI is InChI=1S/C26H18N4O5/c31-24(27-20-9-12-23-18(14-20)8-13-25(32)35-23)15-19-16-29(21-4-2-1-3-5-21)28-26(19)17-6-10-22(11-7-17)30(33)34/h1-14,16H,15H2,(H,27,31). The highest BCUT2D eigenvalue weighted by atomic mass is 16.6. The number of rotatable bonds is 6. The maximum absolute atomic E-state index is 12.9. The fraction of sp³-hybridized carbons (Fsp3) is 0.0385. The number of anilines is 1. The second kappa shape index (κ2) is 9.06. The molecule has 0 radical (unpaired) electrons. The number of carbonyl (C=O) groups is 1. The number of nitrogens with one attached hydrogen (secondary N) is 1. The molecule has 0 aliphatic carbocycles. The minimum Gasteiger partial charge on any atom is -0.423 e. The van der Waals surface area contributed by atoms with Gasteiger partial charge in [-0.1, -0.05) is 18.2 Å². The van der Waals surface area contributed by atoms with Gasteiger partial charge >= 0.3 is 5.63 Å². The van der Waals surface area contributed by atoms with Gasteiger partial charge in [0.05, 0.1) is 22.7 Å². The maximum Gasteiger partial charge on any atom is 0.336 e. The van der Waals surface area contributed by atoms with Crippen LogP contribution in [-0.4, -0.2) is 20.6 Å². The van der Waals surface area contributed by atoms with Crippen LogP contribution in [0.1, 0.15) is 5.56 Å². The lowest BCUT2D eigenvalue weighted by Gasteiger charge is -2.07. The monoisotopic (exact) mass is 466 g/mol. The van der Waals surface area contributed by atoms with Crippen LogP contribution in [-0.2, 0) is 11.2 Å². The number of para-hydroxylation sites is 1. The summed E-state index contributed by atoms with van der Waals surface area (Å²) in [6.07, 6.45) is 1.81. The molecule has 9 heteroatoms. The van der Waals surface area contributed by atoms with Crippen molar-refractivity contribution in [2.45, 2.75) is 6.42 Å². The van der Waals surface area contributed by atoms with E-state index in [1.165, 1.54) is 18.2 Å². The number of nitrogens with zero attached hydrogens (tertiary/aromatic N) is 3. The van der Waals surface area contributed by atoms with Crippen molar-refractivity contribution in [3.8, 4) is 16.9 Å². The molecule has 0 aliphatic heterocycles. The van der Waals surface area contributed by atoms with Crippen LogP contribution in [0.25, 0.3) is 27.9 Å². The zero-order valence-corrected chi connectivity index (χ0v) is 18.3. The number of nitro benzene ring substituents is 1. The van der Waals surface area contributed by atoms with Gasteiger partial charge in [0.2, 0.25) is 5.91 Å². The van der Waals surface area contributed by atoms with Crippen LogP contribution >= 0.6 is 0 Å². The molecule has 5 aromatic rings. The van der Waals surface area contributed by atoms with Gasteiger partial charge in [0.15, 0.2) is 0 Å². The Labute approximate surface area is 198 Å². The number of hydrogen-bond donors (Lipinski definition) is 1. The summed E-state index contributed by atoms with van der Waals surface area (Å²) in [6.45, 7) is 0. The summed E-state index contributed by atoms with van der Waals surface area (Å²) in [6, 6.07) is 23.5. The van der Waals surface area contributed by atoms with Crippen molar-refractivity contribution in [1.29, 1.82) is 0 Å². The van der Waals surface area contributed by atoms with Crippen molar-refractivity contribution in [3.63, 3.8) is 0 Å². The molecular weight excluding hydrogens is 448 g/mol. The van der Waals surface area contributed by atoms with Crippen LogP contribution < -0.4 is 10.9 Å². The van der Waals surface area contributed by atoms with E-state index in [1.54, 1.807) is 47.3 Å². The predicted octanol–water partition coefficient (Wildman–Crippen LogP) is 4.74. The van der Waals surface area contributed by atoms with Crippen molar-refractivity contribution >= 4 is 28.3 Å². The van der Waals surface area contributed by atoms with E-state index in [0.717, 1.165) is 5.69 Å². The molecular formula is C26H18N4O5. The average Bonchev–Trinajstić information content (AvgIpc) is 3.28. The van der Waals surface area contributed by atoms with Gasteiger partial charge in [0.25, 0.3) is 5.69 Å². The van der Waals surface area contributed by atoms with Crippen molar-refractivity contribution < 1.29 is 14.1 Å². The molecule has 0 aliphatic rings. The van der Waals surface area contributed by atoms with E-state index in [1.807, 2.05) is 30.3 Å². The quantitative estimate of drug-likeness (QED) is 0.219. The fourth-order valence-corrected chi connectivity index (χ4v) is 3.76. The molecule has 0 bridgehead atoms. The van der Waals surface area contributed by atoms with Gasteiger partial charge in [-0.2, -0.15) is 5.10 Å². The van der Waals surface area contributed by atoms with E-state index in [0.29, 0.717) is 33.5 Å². The first-order valence-corrected chi connectivity index (χ1v) is 10.7. The fourth-order valence-electron chi connectivity index (χ4n) is 3.76. The summed E-state index contributed by atoms with van der Waals surface area (Å²) < 4.78 is 6.81. The summed E-state index contributed by atoms with van der Waals surface area (Å²) in [7, 11) is 0. The summed E-state index contributed by atoms with van der Waals surface area (Å²) >= 11 is 0. The smallest absolute Gasteiger partial charge is 0.336 e. The third kappa shape index (κ3) is 4.69. The molecule has 0 saturated carbocycles. The van der Waals surface area contributed by atoms with Gasteiger partial charge in [-0.05, 0) is 48.5 Å². The molecule has 1 N–H and O–H groups in total. The van der Waals surface area contributed by atoms with E-state index in [-0.39, 0.29) is 18.0 Å². The largest absolute Gasteiger partial charge is 0.423 e. The van der Waals surface area contributed by atoms with Crippen LogP contribution in [0, 0.1) is 10.1 Å². The molecule has 3 aromatic carbocycles. The van der Waals surface area contributed by atoms with Gasteiger partial charge in [0.1, 0.15) is 5.58 Å². The molecule has 35 heavy (non-hydrogen) atoms. The highest BCUT2D eigenvalue weighted by Gasteiger charge is 2.17. The number of carbonyl (C=O) groups excluding carboxylic acids is 1. The minimum absolute atomic E-state index is 0.0253. The summed E-state index contributed by atoms with van der Waals surface area (Å²) in [5.41, 5.74) is 3.22. The Kier molecular flexibility index (Phi) is 5.64. The first kappa shape index (κ1) is 21.8. The normalized spacial score (nSPS) is 10.9. The van der Waals surface area contributed by atoms with Crippen molar-refractivity contribution in [3.05, 3.63) is 117 Å². The number of amides is 1. The average molecular weight is 466 g/mol. The van der Waals surface area contributed by atoms with Gasteiger partial charge < -0.3 is 9.73 Å². The summed E-state index contributed by atoms with van der Waals surface area (Å²) in [4.78, 5) is 34.9. The summed E-state index contributed by atoms with van der Waals surface area (Å²) in [5, 5.41) is 19.2. The van der Waals surface area contributed by atoms with Crippen molar-refractivity contribution in [2.75, 3.05) is 5.32 Å². The van der Waals surface area contributed by atoms with Gasteiger partial charge in [-0.3, -0.25) is 14.9 Å². The molecule has 0 saturated heterocycles. The topological polar surface area (TPSA) is 120 Å². The molecule has 1 amide bonds. The Morgan fingerprint density at radius 1 is 1.00 bits per heavy atom. The van der Waals surface area contributed by atoms with Crippen molar-refractivity contribution in [1.82, 2.24) is 9.78 Å². The summed E-state index contributed by atoms with van der Waals surface area (Å²) in [5.74, 6) is -0.266. The number of hydrogen-bond acceptors (Lipinski definition) is 6. The van der Waals surface area contributed by atoms with E-state index in [4.69, 9.17) is 4.42 Å². The predicted molar refractivity (Wildman–Crippen MR) is 130 cm³/mol. The Morgan fingerprint density at radius 3 is 2.51 bits per heavy atom. The van der Waals surface area contributed by atoms with Gasteiger partial charge in [-0.25, -0.2) is 9.48 Å². The maximum atomic E-state index is 12.9. The SMILES string of the molecule is O=C(Cc1cn(-c2ccccc2)nc1-c1ccc([N+](=O)[O-])cc1)Nc1ccc2oc(=O)ccc2c1. The van der Waals surface area contributed by atoms with Gasteiger partial charge in [0, 0.05) is 46.6 Å². The number of nitro groups is 1. The Morgan fingerprint density at radius 2 is 1.77 bits per heavy atom. The lowest BCUT2D eigenvalue weighted by atomic mass is 10.1.